The first-order valence-electron chi connectivity index (χ1n) is 10.4. The van der Waals surface area contributed by atoms with Gasteiger partial charge in [0, 0.05) is 29.6 Å². The molecular weight excluding hydrogens is 444 g/mol. The number of carbonyl (C=O) groups excluding carboxylic acids is 1. The van der Waals surface area contributed by atoms with Crippen molar-refractivity contribution in [1.29, 1.82) is 0 Å². The van der Waals surface area contributed by atoms with Crippen LogP contribution in [0, 0.1) is 0 Å². The van der Waals surface area contributed by atoms with Crippen LogP contribution >= 0.6 is 11.6 Å². The quantitative estimate of drug-likeness (QED) is 0.412. The monoisotopic (exact) mass is 464 g/mol. The summed E-state index contributed by atoms with van der Waals surface area (Å²) in [6.07, 6.45) is 1.52. The summed E-state index contributed by atoms with van der Waals surface area (Å²) in [4.78, 5) is 23.4. The number of amides is 1. The lowest BCUT2D eigenvalue weighted by Gasteiger charge is -2.15. The molecule has 5 rings (SSSR count). The Bertz CT molecular complexity index is 1330. The minimum absolute atomic E-state index is 0.0792. The van der Waals surface area contributed by atoms with Crippen LogP contribution in [0.4, 0.5) is 10.6 Å². The summed E-state index contributed by atoms with van der Waals surface area (Å²) >= 11 is 6.42. The van der Waals surface area contributed by atoms with Crippen molar-refractivity contribution in [3.05, 3.63) is 53.7 Å². The number of anilines is 1. The molecule has 3 heterocycles. The summed E-state index contributed by atoms with van der Waals surface area (Å²) in [5.41, 5.74) is 3.01. The Hall–Kier alpha value is -3.69. The zero-order valence-corrected chi connectivity index (χ0v) is 18.5. The number of hydrogen-bond donors (Lipinski definition) is 3. The van der Waals surface area contributed by atoms with Gasteiger partial charge in [0.05, 0.1) is 22.4 Å². The number of aromatic amines is 1. The van der Waals surface area contributed by atoms with Crippen LogP contribution in [0.3, 0.4) is 0 Å². The maximum Gasteiger partial charge on any atom is 0.413 e. The Kier molecular flexibility index (Phi) is 5.57. The van der Waals surface area contributed by atoms with Gasteiger partial charge in [-0.2, -0.15) is 5.10 Å². The second kappa shape index (κ2) is 8.68. The van der Waals surface area contributed by atoms with Gasteiger partial charge in [-0.1, -0.05) is 41.9 Å². The highest BCUT2D eigenvalue weighted by Crippen LogP contribution is 2.36. The van der Waals surface area contributed by atoms with E-state index in [0.29, 0.717) is 34.0 Å². The fraction of sp³-hybridized carbons (Fsp3) is 0.217. The average molecular weight is 465 g/mol. The Morgan fingerprint density at radius 2 is 2.00 bits per heavy atom. The Balaban J connectivity index is 1.54. The SMILES string of the molecule is CN1CCC(OC(=O)Nc2nc(-c3ccccc3)c(-c3cc(Cl)c4[nH]ncc4c3)nc2O)C1. The molecule has 0 radical (unpaired) electrons. The third kappa shape index (κ3) is 4.33. The Morgan fingerprint density at radius 1 is 1.21 bits per heavy atom. The van der Waals surface area contributed by atoms with Crippen molar-refractivity contribution >= 4 is 34.4 Å². The lowest BCUT2D eigenvalue weighted by Crippen LogP contribution is -2.25. The first kappa shape index (κ1) is 21.2. The predicted molar refractivity (Wildman–Crippen MR) is 125 cm³/mol. The number of fused-ring (bicyclic) bond motifs is 1. The number of halogens is 1. The highest BCUT2D eigenvalue weighted by atomic mass is 35.5. The first-order valence-corrected chi connectivity index (χ1v) is 10.8. The van der Waals surface area contributed by atoms with E-state index >= 15 is 0 Å². The standard InChI is InChI=1S/C23H21ClN6O3/c1-30-8-7-16(12-30)33-23(32)28-21-22(31)27-20(19(26-21)13-5-3-2-4-6-13)14-9-15-11-25-29-18(15)17(24)10-14/h2-6,9-11,16H,7-8,12H2,1H3,(H,25,29)(H,27,31)(H,26,28,32). The van der Waals surface area contributed by atoms with E-state index in [-0.39, 0.29) is 11.9 Å². The molecule has 2 aromatic heterocycles. The van der Waals surface area contributed by atoms with Crippen LogP contribution in [0.1, 0.15) is 6.42 Å². The molecule has 168 valence electrons. The molecule has 1 aliphatic heterocycles. The minimum atomic E-state index is -0.686. The lowest BCUT2D eigenvalue weighted by molar-refractivity contribution is 0.115. The number of carbonyl (C=O) groups is 1. The molecule has 1 amide bonds. The molecule has 9 nitrogen and oxygen atoms in total. The highest BCUT2D eigenvalue weighted by Gasteiger charge is 2.25. The molecule has 2 aromatic carbocycles. The number of likely N-dealkylation sites (N-methyl/N-ethyl adjacent to an activating group) is 1. The molecule has 0 saturated carbocycles. The van der Waals surface area contributed by atoms with Gasteiger partial charge in [-0.25, -0.2) is 14.8 Å². The summed E-state index contributed by atoms with van der Waals surface area (Å²) in [5.74, 6) is -0.502. The summed E-state index contributed by atoms with van der Waals surface area (Å²) in [5, 5.41) is 21.3. The van der Waals surface area contributed by atoms with E-state index in [1.807, 2.05) is 43.4 Å². The number of nitrogens with zero attached hydrogens (tertiary/aromatic N) is 4. The molecule has 0 aliphatic carbocycles. The van der Waals surface area contributed by atoms with Crippen LogP contribution < -0.4 is 5.32 Å². The number of benzene rings is 2. The fourth-order valence-electron chi connectivity index (χ4n) is 3.93. The van der Waals surface area contributed by atoms with E-state index < -0.39 is 12.0 Å². The average Bonchev–Trinajstić information content (AvgIpc) is 3.44. The van der Waals surface area contributed by atoms with Gasteiger partial charge in [-0.05, 0) is 25.6 Å². The van der Waals surface area contributed by atoms with Crippen molar-refractivity contribution in [3.63, 3.8) is 0 Å². The van der Waals surface area contributed by atoms with E-state index in [1.165, 1.54) is 0 Å². The van der Waals surface area contributed by atoms with Gasteiger partial charge in [0.15, 0.2) is 5.82 Å². The zero-order valence-electron chi connectivity index (χ0n) is 17.7. The van der Waals surface area contributed by atoms with E-state index in [1.54, 1.807) is 12.3 Å². The van der Waals surface area contributed by atoms with Crippen molar-refractivity contribution < 1.29 is 14.6 Å². The van der Waals surface area contributed by atoms with Gasteiger partial charge in [-0.3, -0.25) is 10.4 Å². The van der Waals surface area contributed by atoms with Crippen molar-refractivity contribution in [3.8, 4) is 28.4 Å². The van der Waals surface area contributed by atoms with Gasteiger partial charge < -0.3 is 14.7 Å². The fourth-order valence-corrected chi connectivity index (χ4v) is 4.20. The van der Waals surface area contributed by atoms with Crippen molar-refractivity contribution in [2.45, 2.75) is 12.5 Å². The molecule has 3 N–H and O–H groups in total. The molecular formula is C23H21ClN6O3. The number of hydrogen-bond acceptors (Lipinski definition) is 7. The first-order chi connectivity index (χ1) is 16.0. The smallest absolute Gasteiger partial charge is 0.413 e. The van der Waals surface area contributed by atoms with Crippen LogP contribution in [0.2, 0.25) is 5.02 Å². The molecule has 1 fully saturated rings. The molecule has 10 heteroatoms. The lowest BCUT2D eigenvalue weighted by atomic mass is 10.0. The Labute approximate surface area is 194 Å². The van der Waals surface area contributed by atoms with Crippen LogP contribution in [-0.2, 0) is 4.74 Å². The summed E-state index contributed by atoms with van der Waals surface area (Å²) < 4.78 is 5.46. The molecule has 0 spiro atoms. The van der Waals surface area contributed by atoms with Gasteiger partial charge >= 0.3 is 6.09 Å². The molecule has 4 aromatic rings. The van der Waals surface area contributed by atoms with Crippen LogP contribution in [-0.4, -0.2) is 62.5 Å². The number of aromatic hydroxyl groups is 1. The van der Waals surface area contributed by atoms with E-state index in [4.69, 9.17) is 16.3 Å². The number of nitrogens with one attached hydrogen (secondary N) is 2. The largest absolute Gasteiger partial charge is 0.491 e. The van der Waals surface area contributed by atoms with Crippen LogP contribution in [0.5, 0.6) is 5.88 Å². The third-order valence-corrected chi connectivity index (χ3v) is 5.84. The van der Waals surface area contributed by atoms with Crippen molar-refractivity contribution in [1.82, 2.24) is 25.1 Å². The molecule has 0 bridgehead atoms. The highest BCUT2D eigenvalue weighted by molar-refractivity contribution is 6.35. The number of rotatable bonds is 4. The normalized spacial score (nSPS) is 16.2. The van der Waals surface area contributed by atoms with Crippen LogP contribution in [0.25, 0.3) is 33.4 Å². The van der Waals surface area contributed by atoms with Gasteiger partial charge in [0.25, 0.3) is 5.88 Å². The third-order valence-electron chi connectivity index (χ3n) is 5.54. The van der Waals surface area contributed by atoms with Gasteiger partial charge in [-0.15, -0.1) is 0 Å². The maximum absolute atomic E-state index is 12.4. The van der Waals surface area contributed by atoms with E-state index in [9.17, 15) is 9.90 Å². The molecule has 1 unspecified atom stereocenters. The topological polar surface area (TPSA) is 116 Å². The van der Waals surface area contributed by atoms with Gasteiger partial charge in [0.1, 0.15) is 11.8 Å². The maximum atomic E-state index is 12.4. The zero-order chi connectivity index (χ0) is 22.9. The Morgan fingerprint density at radius 3 is 2.76 bits per heavy atom. The van der Waals surface area contributed by atoms with E-state index in [2.05, 4.69) is 30.4 Å². The predicted octanol–water partition coefficient (Wildman–Crippen LogP) is 4.30. The molecule has 1 saturated heterocycles. The van der Waals surface area contributed by atoms with Crippen LogP contribution in [0.15, 0.2) is 48.7 Å². The molecule has 1 atom stereocenters. The number of ether oxygens (including phenoxy) is 1. The molecule has 1 aliphatic rings. The summed E-state index contributed by atoms with van der Waals surface area (Å²) in [7, 11) is 1.97. The molecule has 33 heavy (non-hydrogen) atoms. The van der Waals surface area contributed by atoms with Crippen molar-refractivity contribution in [2.24, 2.45) is 0 Å². The number of aromatic nitrogens is 4. The van der Waals surface area contributed by atoms with E-state index in [0.717, 1.165) is 23.9 Å². The summed E-state index contributed by atoms with van der Waals surface area (Å²) in [6.45, 7) is 1.52. The second-order valence-electron chi connectivity index (χ2n) is 7.95. The number of likely N-dealkylation sites (tertiary alicyclic amines) is 1. The second-order valence-corrected chi connectivity index (χ2v) is 8.36. The summed E-state index contributed by atoms with van der Waals surface area (Å²) in [6, 6.07) is 13.0. The minimum Gasteiger partial charge on any atom is -0.491 e. The van der Waals surface area contributed by atoms with Gasteiger partial charge in [0.2, 0.25) is 0 Å². The number of H-pyrrole nitrogens is 1. The van der Waals surface area contributed by atoms with Crippen molar-refractivity contribution in [2.75, 3.05) is 25.5 Å².